The standard InChI is InChI=1S/C22H28N4O4.C18H20BrN3O2.C18H22N4O2.C17H23N3O2/c1-6-27-14-10-15-13(2)9-17(24-19(15)16(11-14)22(3,4)5)20-25-26-21(30-20)23-12-18-28-7-8-29-18;2*1-6-23-11-8-12-10(2)7-14(16-21-22-17(19)24-16)20-15(12)13(9-11)18(3,4)5;1-6-22-11-8-12-10(2)7-14(16(21)20-18)19-15(12)13(9-11)17(3,4)5/h9-11,18H,6-8,12H2,1-5H3,(H,23,26);7-9H,6H2,1-5H3;7-9H,6H2,1-5H3,(H2,19,22);7-9H,6,18H2,1-5H3,(H,20,21). The molecule has 0 unspecified atom stereocenters. The molecule has 0 spiro atoms. The van der Waals surface area contributed by atoms with Crippen LogP contribution in [0, 0.1) is 27.7 Å². The van der Waals surface area contributed by atoms with Crippen molar-refractivity contribution in [1.29, 1.82) is 0 Å². The van der Waals surface area contributed by atoms with Gasteiger partial charge in [-0.3, -0.25) is 10.2 Å². The normalized spacial score (nSPS) is 12.8. The number of nitrogens with one attached hydrogen (secondary N) is 2. The van der Waals surface area contributed by atoms with Gasteiger partial charge in [-0.05, 0) is 194 Å². The first kappa shape index (κ1) is 74.8. The van der Waals surface area contributed by atoms with E-state index in [4.69, 9.17) is 68.2 Å². The molecule has 1 aliphatic rings. The second kappa shape index (κ2) is 31.0. The summed E-state index contributed by atoms with van der Waals surface area (Å²) in [7, 11) is 0. The number of fused-ring (bicyclic) bond motifs is 4. The molecule has 8 heterocycles. The summed E-state index contributed by atoms with van der Waals surface area (Å²) < 4.78 is 50.4. The number of anilines is 2. The Morgan fingerprint density at radius 1 is 0.470 bits per heavy atom. The molecule has 25 heteroatoms. The fraction of sp³-hybridized carbons (Fsp3) is 0.427. The number of hydrogen-bond acceptors (Lipinski definition) is 23. The van der Waals surface area contributed by atoms with Crippen LogP contribution in [0.1, 0.15) is 166 Å². The molecule has 0 bridgehead atoms. The maximum absolute atomic E-state index is 11.8. The predicted molar refractivity (Wildman–Crippen MR) is 393 cm³/mol. The number of nitrogens with zero attached hydrogens (tertiary/aromatic N) is 10. The molecule has 0 radical (unpaired) electrons. The molecule has 1 saturated heterocycles. The maximum Gasteiger partial charge on any atom is 0.315 e. The number of rotatable bonds is 15. The highest BCUT2D eigenvalue weighted by Crippen LogP contribution is 2.41. The van der Waals surface area contributed by atoms with Crippen molar-refractivity contribution in [3.05, 3.63) is 128 Å². The summed E-state index contributed by atoms with van der Waals surface area (Å²) in [5, 5.41) is 31.0. The van der Waals surface area contributed by atoms with Gasteiger partial charge in [-0.2, -0.15) is 0 Å². The Hall–Kier alpha value is -9.43. The highest BCUT2D eigenvalue weighted by molar-refractivity contribution is 9.10. The molecule has 100 heavy (non-hydrogen) atoms. The summed E-state index contributed by atoms with van der Waals surface area (Å²) in [6, 6.07) is 24.2. The van der Waals surface area contributed by atoms with Crippen molar-refractivity contribution in [3.8, 4) is 57.8 Å². The molecular weight excluding hydrogens is 1340 g/mol. The molecule has 0 saturated carbocycles. The number of ether oxygens (including phenoxy) is 6. The number of pyridine rings is 4. The van der Waals surface area contributed by atoms with Gasteiger partial charge in [0.05, 0.1) is 68.3 Å². The third-order valence-corrected chi connectivity index (χ3v) is 16.6. The van der Waals surface area contributed by atoms with Crippen molar-refractivity contribution in [2.75, 3.05) is 57.2 Å². The summed E-state index contributed by atoms with van der Waals surface area (Å²) in [6.07, 6.45) is -0.296. The summed E-state index contributed by atoms with van der Waals surface area (Å²) >= 11 is 3.19. The Morgan fingerprint density at radius 3 is 1.14 bits per heavy atom. The fourth-order valence-electron chi connectivity index (χ4n) is 11.4. The molecule has 530 valence electrons. The lowest BCUT2D eigenvalue weighted by molar-refractivity contribution is -0.0302. The van der Waals surface area contributed by atoms with E-state index in [1.54, 1.807) is 6.07 Å². The van der Waals surface area contributed by atoms with Gasteiger partial charge in [-0.25, -0.2) is 25.8 Å². The SMILES string of the molecule is CCOc1cc(C(C)(C)C)c2nc(-c3nnc(Br)o3)cc(C)c2c1.CCOc1cc(C(C)(C)C)c2nc(-c3nnc(N)o3)cc(C)c2c1.CCOc1cc(C(C)(C)C)c2nc(-c3nnc(NCC4OCCO4)o3)cc(C)c2c1.CCOc1cc(C(C)(C)C)c2nc(C(=O)NN)cc(C)c2c1. The third kappa shape index (κ3) is 17.8. The van der Waals surface area contributed by atoms with Crippen LogP contribution in [0.4, 0.5) is 12.0 Å². The van der Waals surface area contributed by atoms with Crippen LogP contribution in [0.5, 0.6) is 23.0 Å². The van der Waals surface area contributed by atoms with E-state index in [-0.39, 0.29) is 34.0 Å². The number of benzene rings is 4. The number of aryl methyl sites for hydroxylation is 4. The number of nitrogen functional groups attached to an aromatic ring is 2. The average molecular weight is 1430 g/mol. The van der Waals surface area contributed by atoms with Crippen molar-refractivity contribution >= 4 is 77.5 Å². The first-order valence-corrected chi connectivity index (χ1v) is 34.3. The van der Waals surface area contributed by atoms with Gasteiger partial charge in [-0.15, -0.1) is 20.4 Å². The molecular formula is C75H93BrN14O10. The number of carbonyl (C=O) groups is 1. The first-order chi connectivity index (χ1) is 47.2. The zero-order chi connectivity index (χ0) is 72.8. The number of aromatic nitrogens is 10. The Balaban J connectivity index is 0.000000157. The Morgan fingerprint density at radius 2 is 0.810 bits per heavy atom. The van der Waals surface area contributed by atoms with Gasteiger partial charge in [0.2, 0.25) is 0 Å². The van der Waals surface area contributed by atoms with Crippen LogP contribution >= 0.6 is 15.9 Å². The van der Waals surface area contributed by atoms with Crippen LogP contribution in [0.15, 0.2) is 90.8 Å². The number of nitrogens with two attached hydrogens (primary N) is 2. The van der Waals surface area contributed by atoms with Crippen molar-refractivity contribution in [2.45, 2.75) is 166 Å². The summed E-state index contributed by atoms with van der Waals surface area (Å²) in [5.41, 5.74) is 21.7. The van der Waals surface area contributed by atoms with Crippen molar-refractivity contribution in [2.24, 2.45) is 5.84 Å². The van der Waals surface area contributed by atoms with Gasteiger partial charge in [-0.1, -0.05) is 93.3 Å². The quantitative estimate of drug-likeness (QED) is 0.0421. The van der Waals surface area contributed by atoms with E-state index in [0.717, 1.165) is 111 Å². The molecule has 12 rings (SSSR count). The first-order valence-electron chi connectivity index (χ1n) is 33.5. The second-order valence-corrected chi connectivity index (χ2v) is 28.9. The van der Waals surface area contributed by atoms with Crippen LogP contribution in [-0.2, 0) is 31.1 Å². The van der Waals surface area contributed by atoms with Crippen LogP contribution in [0.25, 0.3) is 78.4 Å². The average Bonchev–Trinajstić information content (AvgIpc) is 1.40. The Bertz CT molecular complexity index is 4580. The minimum Gasteiger partial charge on any atom is -0.494 e. The van der Waals surface area contributed by atoms with Gasteiger partial charge in [0.1, 0.15) is 45.8 Å². The summed E-state index contributed by atoms with van der Waals surface area (Å²) in [5.74, 6) is 9.33. The van der Waals surface area contributed by atoms with Gasteiger partial charge in [0, 0.05) is 37.5 Å². The molecule has 4 aromatic carbocycles. The van der Waals surface area contributed by atoms with E-state index < -0.39 is 5.91 Å². The van der Waals surface area contributed by atoms with Gasteiger partial charge >= 0.3 is 12.0 Å². The molecule has 1 fully saturated rings. The van der Waals surface area contributed by atoms with Gasteiger partial charge in [0.25, 0.3) is 28.4 Å². The molecule has 24 nitrogen and oxygen atoms in total. The monoisotopic (exact) mass is 1430 g/mol. The number of carbonyl (C=O) groups excluding carboxylic acids is 1. The molecule has 1 amide bonds. The molecule has 7 aromatic heterocycles. The van der Waals surface area contributed by atoms with Gasteiger partial charge in [0.15, 0.2) is 6.29 Å². The molecule has 1 aliphatic heterocycles. The Labute approximate surface area is 592 Å². The molecule has 0 aliphatic carbocycles. The van der Waals surface area contributed by atoms with Gasteiger partial charge < -0.3 is 52.7 Å². The number of halogens is 1. The lowest BCUT2D eigenvalue weighted by Gasteiger charge is -2.23. The van der Waals surface area contributed by atoms with Crippen molar-refractivity contribution in [3.63, 3.8) is 0 Å². The van der Waals surface area contributed by atoms with E-state index in [1.165, 1.54) is 0 Å². The smallest absolute Gasteiger partial charge is 0.315 e. The van der Waals surface area contributed by atoms with E-state index in [9.17, 15) is 4.79 Å². The van der Waals surface area contributed by atoms with E-state index in [1.807, 2.05) is 90.1 Å². The number of hydrazine groups is 1. The molecule has 6 N–H and O–H groups in total. The Kier molecular flexibility index (Phi) is 23.2. The number of amides is 1. The van der Waals surface area contributed by atoms with Crippen LogP contribution < -0.4 is 41.3 Å². The molecule has 11 aromatic rings. The minimum absolute atomic E-state index is 0.0345. The zero-order valence-corrected chi connectivity index (χ0v) is 62.6. The zero-order valence-electron chi connectivity index (χ0n) is 61.0. The summed E-state index contributed by atoms with van der Waals surface area (Å²) in [4.78, 5) is 31.2. The topological polar surface area (TPSA) is 317 Å². The van der Waals surface area contributed by atoms with Crippen LogP contribution in [-0.4, -0.2) is 109 Å². The lowest BCUT2D eigenvalue weighted by atomic mass is 9.84. The predicted octanol–water partition coefficient (Wildman–Crippen LogP) is 15.8. The minimum atomic E-state index is -0.390. The second-order valence-electron chi connectivity index (χ2n) is 28.2. The number of hydrogen-bond donors (Lipinski definition) is 4. The van der Waals surface area contributed by atoms with Crippen molar-refractivity contribution in [1.82, 2.24) is 56.0 Å². The summed E-state index contributed by atoms with van der Waals surface area (Å²) in [6.45, 7) is 46.0. The molecule has 0 atom stereocenters. The van der Waals surface area contributed by atoms with E-state index in [2.05, 4.69) is 177 Å². The van der Waals surface area contributed by atoms with Crippen LogP contribution in [0.3, 0.4) is 0 Å². The third-order valence-electron chi connectivity index (χ3n) is 16.2. The maximum atomic E-state index is 11.8. The fourth-order valence-corrected chi connectivity index (χ4v) is 11.6. The van der Waals surface area contributed by atoms with Crippen LogP contribution in [0.2, 0.25) is 0 Å². The van der Waals surface area contributed by atoms with E-state index in [0.29, 0.717) is 97.4 Å². The highest BCUT2D eigenvalue weighted by Gasteiger charge is 2.28. The van der Waals surface area contributed by atoms with Crippen molar-refractivity contribution < 1.29 is 46.5 Å². The lowest BCUT2D eigenvalue weighted by Crippen LogP contribution is -2.31. The largest absolute Gasteiger partial charge is 0.494 e. The highest BCUT2D eigenvalue weighted by atomic mass is 79.9. The van der Waals surface area contributed by atoms with E-state index >= 15 is 0 Å².